The van der Waals surface area contributed by atoms with E-state index >= 15 is 0 Å². The van der Waals surface area contributed by atoms with Gasteiger partial charge in [0.2, 0.25) is 0 Å². The fraction of sp³-hybridized carbons (Fsp3) is 0.550. The van der Waals surface area contributed by atoms with Gasteiger partial charge in [-0.15, -0.1) is 0 Å². The van der Waals surface area contributed by atoms with Gasteiger partial charge >= 0.3 is 0 Å². The minimum atomic E-state index is 0.250. The normalized spacial score (nSPS) is 23.3. The molecule has 0 aliphatic carbocycles. The molecule has 4 rings (SSSR count). The topological polar surface area (TPSA) is 34.6 Å². The summed E-state index contributed by atoms with van der Waals surface area (Å²) in [5, 5.41) is 4.43. The van der Waals surface area contributed by atoms with Crippen molar-refractivity contribution in [3.05, 3.63) is 52.5 Å². The smallest absolute Gasteiger partial charge is 0.0815 e. The van der Waals surface area contributed by atoms with Crippen molar-refractivity contribution in [1.29, 1.82) is 0 Å². The molecule has 4 heterocycles. The summed E-state index contributed by atoms with van der Waals surface area (Å²) in [6.07, 6.45) is 7.54. The van der Waals surface area contributed by atoms with Crippen LogP contribution in [-0.2, 0) is 22.6 Å². The molecular formula is C20H26N2O2S. The molecule has 0 radical (unpaired) electrons. The van der Waals surface area contributed by atoms with E-state index in [2.05, 4.69) is 26.7 Å². The molecule has 0 bridgehead atoms. The Morgan fingerprint density at radius 2 is 2.20 bits per heavy atom. The van der Waals surface area contributed by atoms with Crippen molar-refractivity contribution < 1.29 is 9.47 Å². The number of piperidine rings is 1. The SMILES string of the molecule is c1cncc(COC[C@@H]2CC3(CCN(Cc4ccsc4)CC3)CO2)c1. The van der Waals surface area contributed by atoms with Crippen molar-refractivity contribution in [2.75, 3.05) is 26.3 Å². The van der Waals surface area contributed by atoms with Crippen LogP contribution in [-0.4, -0.2) is 42.3 Å². The highest BCUT2D eigenvalue weighted by atomic mass is 32.1. The van der Waals surface area contributed by atoms with Crippen LogP contribution in [0, 0.1) is 5.41 Å². The fourth-order valence-electron chi connectivity index (χ4n) is 3.97. The average molecular weight is 359 g/mol. The predicted molar refractivity (Wildman–Crippen MR) is 99.5 cm³/mol. The van der Waals surface area contributed by atoms with E-state index in [0.29, 0.717) is 18.6 Å². The van der Waals surface area contributed by atoms with Crippen molar-refractivity contribution >= 4 is 11.3 Å². The summed E-state index contributed by atoms with van der Waals surface area (Å²) in [6.45, 7) is 5.67. The molecule has 0 amide bonds. The van der Waals surface area contributed by atoms with Gasteiger partial charge in [0.05, 0.1) is 25.9 Å². The largest absolute Gasteiger partial charge is 0.375 e. The number of hydrogen-bond acceptors (Lipinski definition) is 5. The lowest BCUT2D eigenvalue weighted by atomic mass is 9.76. The lowest BCUT2D eigenvalue weighted by molar-refractivity contribution is 0.00628. The molecule has 1 atom stereocenters. The van der Waals surface area contributed by atoms with Crippen LogP contribution in [0.15, 0.2) is 41.4 Å². The number of likely N-dealkylation sites (tertiary alicyclic amines) is 1. The summed E-state index contributed by atoms with van der Waals surface area (Å²) in [6, 6.07) is 6.24. The number of rotatable bonds is 6. The van der Waals surface area contributed by atoms with Gasteiger partial charge in [0, 0.05) is 18.9 Å². The summed E-state index contributed by atoms with van der Waals surface area (Å²) in [4.78, 5) is 6.70. The first-order valence-electron chi connectivity index (χ1n) is 9.13. The zero-order chi connectivity index (χ0) is 17.0. The quantitative estimate of drug-likeness (QED) is 0.788. The molecule has 5 heteroatoms. The Labute approximate surface area is 153 Å². The zero-order valence-electron chi connectivity index (χ0n) is 14.6. The Hall–Kier alpha value is -1.27. The lowest BCUT2D eigenvalue weighted by Gasteiger charge is -2.38. The standard InChI is InChI=1S/C20H26N2O2S/c1-2-17(11-21-6-1)13-23-14-19-10-20(16-24-19)4-7-22(8-5-20)12-18-3-9-25-15-18/h1-3,6,9,11,15,19H,4-5,7-8,10,12-14,16H2/t19-/m0/s1. The molecule has 2 aliphatic heterocycles. The van der Waals surface area contributed by atoms with Gasteiger partial charge in [0.25, 0.3) is 0 Å². The number of ether oxygens (including phenoxy) is 2. The Morgan fingerprint density at radius 1 is 1.28 bits per heavy atom. The van der Waals surface area contributed by atoms with Crippen molar-refractivity contribution in [1.82, 2.24) is 9.88 Å². The molecule has 0 unspecified atom stereocenters. The second-order valence-electron chi connectivity index (χ2n) is 7.42. The van der Waals surface area contributed by atoms with Crippen molar-refractivity contribution in [3.8, 4) is 0 Å². The highest BCUT2D eigenvalue weighted by molar-refractivity contribution is 7.07. The molecule has 0 saturated carbocycles. The van der Waals surface area contributed by atoms with E-state index in [9.17, 15) is 0 Å². The van der Waals surface area contributed by atoms with Crippen LogP contribution in [0.2, 0.25) is 0 Å². The maximum atomic E-state index is 6.07. The highest BCUT2D eigenvalue weighted by Crippen LogP contribution is 2.42. The summed E-state index contributed by atoms with van der Waals surface area (Å²) in [7, 11) is 0. The van der Waals surface area contributed by atoms with E-state index in [0.717, 1.165) is 25.1 Å². The van der Waals surface area contributed by atoms with E-state index < -0.39 is 0 Å². The summed E-state index contributed by atoms with van der Waals surface area (Å²) in [5.41, 5.74) is 2.95. The van der Waals surface area contributed by atoms with Crippen LogP contribution in [0.25, 0.3) is 0 Å². The molecule has 0 N–H and O–H groups in total. The van der Waals surface area contributed by atoms with Crippen LogP contribution >= 0.6 is 11.3 Å². The van der Waals surface area contributed by atoms with Crippen molar-refractivity contribution in [2.24, 2.45) is 5.41 Å². The fourth-order valence-corrected chi connectivity index (χ4v) is 4.63. The summed E-state index contributed by atoms with van der Waals surface area (Å²) >= 11 is 1.79. The highest BCUT2D eigenvalue weighted by Gasteiger charge is 2.42. The second kappa shape index (κ2) is 7.96. The van der Waals surface area contributed by atoms with Crippen molar-refractivity contribution in [2.45, 2.75) is 38.5 Å². The summed E-state index contributed by atoms with van der Waals surface area (Å²) in [5.74, 6) is 0. The first kappa shape index (κ1) is 17.2. The van der Waals surface area contributed by atoms with Gasteiger partial charge in [-0.05, 0) is 71.8 Å². The molecule has 2 aliphatic rings. The lowest BCUT2D eigenvalue weighted by Crippen LogP contribution is -2.40. The van der Waals surface area contributed by atoms with Gasteiger partial charge < -0.3 is 9.47 Å². The average Bonchev–Trinajstić information content (AvgIpc) is 3.29. The van der Waals surface area contributed by atoms with Crippen LogP contribution < -0.4 is 0 Å². The third-order valence-corrected chi connectivity index (χ3v) is 6.22. The minimum Gasteiger partial charge on any atom is -0.375 e. The van der Waals surface area contributed by atoms with Crippen LogP contribution in [0.4, 0.5) is 0 Å². The summed E-state index contributed by atoms with van der Waals surface area (Å²) < 4.78 is 11.9. The Bertz CT molecular complexity index is 639. The van der Waals surface area contributed by atoms with E-state index in [1.807, 2.05) is 18.3 Å². The molecule has 2 saturated heterocycles. The molecule has 2 fully saturated rings. The van der Waals surface area contributed by atoms with Crippen molar-refractivity contribution in [3.63, 3.8) is 0 Å². The number of pyridine rings is 1. The van der Waals surface area contributed by atoms with E-state index in [-0.39, 0.29) is 6.10 Å². The van der Waals surface area contributed by atoms with Gasteiger partial charge in [0.1, 0.15) is 0 Å². The molecule has 2 aromatic rings. The molecular weight excluding hydrogens is 332 g/mol. The third-order valence-electron chi connectivity index (χ3n) is 5.48. The van der Waals surface area contributed by atoms with Gasteiger partial charge in [0.15, 0.2) is 0 Å². The number of hydrogen-bond donors (Lipinski definition) is 0. The molecule has 0 aromatic carbocycles. The van der Waals surface area contributed by atoms with Crippen LogP contribution in [0.5, 0.6) is 0 Å². The third kappa shape index (κ3) is 4.47. The van der Waals surface area contributed by atoms with Gasteiger partial charge in [-0.3, -0.25) is 9.88 Å². The first-order chi connectivity index (χ1) is 12.3. The molecule has 134 valence electrons. The maximum Gasteiger partial charge on any atom is 0.0815 e. The second-order valence-corrected chi connectivity index (χ2v) is 8.20. The minimum absolute atomic E-state index is 0.250. The predicted octanol–water partition coefficient (Wildman–Crippen LogP) is 3.73. The molecule has 1 spiro atoms. The Kier molecular flexibility index (Phi) is 5.46. The molecule has 4 nitrogen and oxygen atoms in total. The van der Waals surface area contributed by atoms with Crippen LogP contribution in [0.3, 0.4) is 0 Å². The zero-order valence-corrected chi connectivity index (χ0v) is 15.4. The van der Waals surface area contributed by atoms with Gasteiger partial charge in [-0.2, -0.15) is 11.3 Å². The molecule has 2 aromatic heterocycles. The van der Waals surface area contributed by atoms with E-state index in [1.165, 1.54) is 31.5 Å². The monoisotopic (exact) mass is 358 g/mol. The van der Waals surface area contributed by atoms with Gasteiger partial charge in [-0.1, -0.05) is 6.07 Å². The Balaban J connectivity index is 1.20. The Morgan fingerprint density at radius 3 is 2.96 bits per heavy atom. The van der Waals surface area contributed by atoms with Crippen LogP contribution in [0.1, 0.15) is 30.4 Å². The van der Waals surface area contributed by atoms with E-state index in [1.54, 1.807) is 17.5 Å². The first-order valence-corrected chi connectivity index (χ1v) is 10.1. The van der Waals surface area contributed by atoms with E-state index in [4.69, 9.17) is 9.47 Å². The maximum absolute atomic E-state index is 6.07. The van der Waals surface area contributed by atoms with Gasteiger partial charge in [-0.25, -0.2) is 0 Å². The number of thiophene rings is 1. The molecule has 25 heavy (non-hydrogen) atoms. The number of nitrogens with zero attached hydrogens (tertiary/aromatic N) is 2. The number of aromatic nitrogens is 1.